The third kappa shape index (κ3) is 8.41. The van der Waals surface area contributed by atoms with E-state index in [4.69, 9.17) is 9.47 Å². The Bertz CT molecular complexity index is 679. The summed E-state index contributed by atoms with van der Waals surface area (Å²) in [5.74, 6) is 0.691. The van der Waals surface area contributed by atoms with Gasteiger partial charge >= 0.3 is 0 Å². The van der Waals surface area contributed by atoms with Gasteiger partial charge in [-0.25, -0.2) is 8.42 Å². The average molecular weight is 430 g/mol. The molecular formula is C21H35NO4S2. The van der Waals surface area contributed by atoms with Gasteiger partial charge in [0.1, 0.15) is 0 Å². The van der Waals surface area contributed by atoms with Crippen LogP contribution in [0, 0.1) is 12.8 Å². The molecule has 1 fully saturated rings. The molecule has 2 rings (SSSR count). The summed E-state index contributed by atoms with van der Waals surface area (Å²) in [6, 6.07) is 7.06. The van der Waals surface area contributed by atoms with Gasteiger partial charge in [-0.05, 0) is 83.1 Å². The summed E-state index contributed by atoms with van der Waals surface area (Å²) in [6.45, 7) is 9.41. The van der Waals surface area contributed by atoms with E-state index in [1.165, 1.54) is 6.42 Å². The van der Waals surface area contributed by atoms with E-state index < -0.39 is 14.7 Å². The second-order valence-corrected chi connectivity index (χ2v) is 12.2. The van der Waals surface area contributed by atoms with Gasteiger partial charge in [0, 0.05) is 11.7 Å². The topological polar surface area (TPSA) is 55.8 Å². The summed E-state index contributed by atoms with van der Waals surface area (Å²) in [4.78, 5) is 2.69. The zero-order chi connectivity index (χ0) is 20.6. The fraction of sp³-hybridized carbons (Fsp3) is 0.714. The van der Waals surface area contributed by atoms with Crippen molar-refractivity contribution in [1.82, 2.24) is 4.90 Å². The van der Waals surface area contributed by atoms with Gasteiger partial charge < -0.3 is 14.4 Å². The smallest absolute Gasteiger partial charge is 0.229 e. The van der Waals surface area contributed by atoms with E-state index in [2.05, 4.69) is 11.9 Å². The first-order chi connectivity index (χ1) is 13.2. The second-order valence-electron chi connectivity index (χ2n) is 8.13. The summed E-state index contributed by atoms with van der Waals surface area (Å²) in [6.07, 6.45) is 4.31. The lowest BCUT2D eigenvalue weighted by atomic mass is 10.0. The van der Waals surface area contributed by atoms with Crippen molar-refractivity contribution in [2.75, 3.05) is 39.1 Å². The average Bonchev–Trinajstić information content (AvgIpc) is 2.64. The molecule has 0 N–H and O–H groups in total. The van der Waals surface area contributed by atoms with Crippen LogP contribution in [0.1, 0.15) is 45.1 Å². The van der Waals surface area contributed by atoms with Crippen molar-refractivity contribution in [2.45, 2.75) is 57.1 Å². The van der Waals surface area contributed by atoms with Crippen LogP contribution in [0.2, 0.25) is 0 Å². The van der Waals surface area contributed by atoms with E-state index in [0.29, 0.717) is 16.6 Å². The van der Waals surface area contributed by atoms with Crippen molar-refractivity contribution in [3.05, 3.63) is 29.8 Å². The summed E-state index contributed by atoms with van der Waals surface area (Å²) in [5, 5.41) is 0. The number of nitrogens with zero attached hydrogens (tertiary/aromatic N) is 1. The zero-order valence-corrected chi connectivity index (χ0v) is 19.3. The number of ether oxygens (including phenoxy) is 2. The van der Waals surface area contributed by atoms with Crippen LogP contribution < -0.4 is 0 Å². The van der Waals surface area contributed by atoms with Gasteiger partial charge in [-0.3, -0.25) is 0 Å². The Hall–Kier alpha value is -0.600. The fourth-order valence-corrected chi connectivity index (χ4v) is 5.92. The molecule has 0 radical (unpaired) electrons. The van der Waals surface area contributed by atoms with Gasteiger partial charge in [-0.15, -0.1) is 0 Å². The lowest BCUT2D eigenvalue weighted by molar-refractivity contribution is -0.262. The number of hydrogen-bond donors (Lipinski definition) is 0. The minimum absolute atomic E-state index is 0.399. The molecule has 0 aliphatic carbocycles. The third-order valence-electron chi connectivity index (χ3n) is 4.97. The maximum Gasteiger partial charge on any atom is 0.229 e. The van der Waals surface area contributed by atoms with Gasteiger partial charge in [0.2, 0.25) is 8.87 Å². The molecule has 160 valence electrons. The Labute approximate surface area is 174 Å². The van der Waals surface area contributed by atoms with E-state index in [1.807, 2.05) is 32.9 Å². The Morgan fingerprint density at radius 1 is 1.07 bits per heavy atom. The molecule has 5 nitrogen and oxygen atoms in total. The van der Waals surface area contributed by atoms with Crippen LogP contribution in [0.15, 0.2) is 29.2 Å². The largest absolute Gasteiger partial charge is 0.350 e. The summed E-state index contributed by atoms with van der Waals surface area (Å²) >= 11 is 0. The molecule has 0 amide bonds. The second kappa shape index (κ2) is 11.0. The molecule has 1 saturated heterocycles. The van der Waals surface area contributed by atoms with E-state index in [0.717, 1.165) is 61.9 Å². The molecule has 0 saturated carbocycles. The quantitative estimate of drug-likeness (QED) is 0.386. The maximum absolute atomic E-state index is 12.3. The van der Waals surface area contributed by atoms with Crippen LogP contribution in [-0.2, 0) is 18.3 Å². The zero-order valence-electron chi connectivity index (χ0n) is 17.6. The molecule has 0 atom stereocenters. The van der Waals surface area contributed by atoms with Gasteiger partial charge in [-0.1, -0.05) is 24.1 Å². The van der Waals surface area contributed by atoms with Crippen LogP contribution in [0.5, 0.6) is 0 Å². The van der Waals surface area contributed by atoms with Crippen LogP contribution in [0.3, 0.4) is 0 Å². The summed E-state index contributed by atoms with van der Waals surface area (Å²) in [7, 11) is -0.0922. The Balaban J connectivity index is 1.54. The highest BCUT2D eigenvalue weighted by Gasteiger charge is 2.27. The lowest BCUT2D eigenvalue weighted by Crippen LogP contribution is -2.39. The highest BCUT2D eigenvalue weighted by molar-refractivity contribution is 8.72. The predicted molar refractivity (Wildman–Crippen MR) is 116 cm³/mol. The van der Waals surface area contributed by atoms with Crippen molar-refractivity contribution in [3.63, 3.8) is 0 Å². The molecule has 7 heteroatoms. The first kappa shape index (κ1) is 23.7. The highest BCUT2D eigenvalue weighted by atomic mass is 33.1. The minimum atomic E-state index is -3.24. The predicted octanol–water partition coefficient (Wildman–Crippen LogP) is 4.31. The molecule has 1 aromatic rings. The van der Waals surface area contributed by atoms with E-state index in [1.54, 1.807) is 12.1 Å². The number of unbranched alkanes of at least 4 members (excludes halogenated alkanes) is 1. The number of rotatable bonds is 11. The highest BCUT2D eigenvalue weighted by Crippen LogP contribution is 2.25. The van der Waals surface area contributed by atoms with Gasteiger partial charge in [0.15, 0.2) is 5.79 Å². The first-order valence-corrected chi connectivity index (χ1v) is 13.1. The van der Waals surface area contributed by atoms with Crippen molar-refractivity contribution < 1.29 is 17.9 Å². The molecule has 1 aliphatic heterocycles. The molecule has 0 bridgehead atoms. The van der Waals surface area contributed by atoms with Crippen molar-refractivity contribution in [2.24, 2.45) is 5.92 Å². The summed E-state index contributed by atoms with van der Waals surface area (Å²) < 4.78 is 36.0. The molecular weight excluding hydrogens is 394 g/mol. The van der Waals surface area contributed by atoms with Crippen LogP contribution >= 0.6 is 10.8 Å². The van der Waals surface area contributed by atoms with Crippen molar-refractivity contribution in [3.8, 4) is 0 Å². The van der Waals surface area contributed by atoms with Crippen LogP contribution in [0.25, 0.3) is 0 Å². The third-order valence-corrected chi connectivity index (χ3v) is 8.59. The lowest BCUT2D eigenvalue weighted by Gasteiger charge is -2.35. The van der Waals surface area contributed by atoms with Crippen LogP contribution in [-0.4, -0.2) is 58.2 Å². The molecule has 28 heavy (non-hydrogen) atoms. The monoisotopic (exact) mass is 429 g/mol. The van der Waals surface area contributed by atoms with Crippen LogP contribution in [0.4, 0.5) is 0 Å². The van der Waals surface area contributed by atoms with Gasteiger partial charge in [0.05, 0.1) is 18.1 Å². The maximum atomic E-state index is 12.3. The summed E-state index contributed by atoms with van der Waals surface area (Å²) in [5.41, 5.74) is 1.07. The molecule has 0 unspecified atom stereocenters. The Morgan fingerprint density at radius 3 is 2.32 bits per heavy atom. The number of benzene rings is 1. The fourth-order valence-electron chi connectivity index (χ4n) is 3.10. The first-order valence-electron chi connectivity index (χ1n) is 10.1. The van der Waals surface area contributed by atoms with Crippen molar-refractivity contribution in [1.29, 1.82) is 0 Å². The SMILES string of the molecule is Cc1ccc(S(=O)(=O)SCCCN(C)CCCCC2COC(C)(C)OC2)cc1. The van der Waals surface area contributed by atoms with Gasteiger partial charge in [0.25, 0.3) is 0 Å². The van der Waals surface area contributed by atoms with E-state index in [-0.39, 0.29) is 0 Å². The molecule has 0 aromatic heterocycles. The molecule has 1 aliphatic rings. The minimum Gasteiger partial charge on any atom is -0.350 e. The van der Waals surface area contributed by atoms with Crippen molar-refractivity contribution >= 4 is 19.7 Å². The van der Waals surface area contributed by atoms with Gasteiger partial charge in [-0.2, -0.15) is 0 Å². The number of aryl methyl sites for hydroxylation is 1. The Morgan fingerprint density at radius 2 is 1.68 bits per heavy atom. The molecule has 0 spiro atoms. The standard InChI is InChI=1S/C21H35NO4S2/c1-18-9-11-20(12-10-18)28(23,24)27-15-7-14-22(4)13-6-5-8-19-16-25-21(2,3)26-17-19/h9-12,19H,5-8,13-17H2,1-4H3. The molecule has 1 heterocycles. The van der Waals surface area contributed by atoms with E-state index >= 15 is 0 Å². The number of hydrogen-bond acceptors (Lipinski definition) is 6. The Kier molecular flexibility index (Phi) is 9.28. The molecule has 1 aromatic carbocycles. The normalized spacial score (nSPS) is 17.9. The van der Waals surface area contributed by atoms with E-state index in [9.17, 15) is 8.42 Å².